The van der Waals surface area contributed by atoms with E-state index in [-0.39, 0.29) is 23.5 Å². The van der Waals surface area contributed by atoms with Gasteiger partial charge in [-0.05, 0) is 63.4 Å². The van der Waals surface area contributed by atoms with E-state index in [2.05, 4.69) is 10.6 Å². The van der Waals surface area contributed by atoms with Crippen molar-refractivity contribution in [2.45, 2.75) is 52.1 Å². The van der Waals surface area contributed by atoms with Crippen molar-refractivity contribution in [3.8, 4) is 0 Å². The molecule has 142 valence electrons. The topological polar surface area (TPSA) is 61.4 Å². The van der Waals surface area contributed by atoms with E-state index in [1.54, 1.807) is 0 Å². The highest BCUT2D eigenvalue weighted by Gasteiger charge is 2.29. The second-order valence-electron chi connectivity index (χ2n) is 8.02. The average molecular weight is 365 g/mol. The maximum atomic E-state index is 12.6. The van der Waals surface area contributed by atoms with Gasteiger partial charge in [0.25, 0.3) is 0 Å². The van der Waals surface area contributed by atoms with Gasteiger partial charge in [0, 0.05) is 23.3 Å². The molecule has 1 atom stereocenters. The summed E-state index contributed by atoms with van der Waals surface area (Å²) in [5.74, 6) is 0.130. The fourth-order valence-electron chi connectivity index (χ4n) is 3.40. The van der Waals surface area contributed by atoms with Crippen LogP contribution in [0.25, 0.3) is 0 Å². The summed E-state index contributed by atoms with van der Waals surface area (Å²) in [5.41, 5.74) is 3.53. The molecule has 2 aromatic rings. The second kappa shape index (κ2) is 7.43. The van der Waals surface area contributed by atoms with Gasteiger partial charge in [-0.1, -0.05) is 30.3 Å². The molecule has 2 aromatic carbocycles. The van der Waals surface area contributed by atoms with Gasteiger partial charge in [0.1, 0.15) is 0 Å². The zero-order valence-electron chi connectivity index (χ0n) is 16.4. The highest BCUT2D eigenvalue weighted by Crippen LogP contribution is 2.36. The molecule has 0 saturated carbocycles. The van der Waals surface area contributed by atoms with Crippen LogP contribution in [-0.2, 0) is 11.2 Å². The van der Waals surface area contributed by atoms with Crippen LogP contribution in [0.5, 0.6) is 0 Å². The van der Waals surface area contributed by atoms with Crippen LogP contribution in [0.2, 0.25) is 0 Å². The van der Waals surface area contributed by atoms with E-state index in [4.69, 9.17) is 0 Å². The van der Waals surface area contributed by atoms with Crippen LogP contribution in [0.3, 0.4) is 0 Å². The first kappa shape index (κ1) is 19.0. The van der Waals surface area contributed by atoms with Gasteiger partial charge in [-0.3, -0.25) is 4.79 Å². The predicted octanol–water partition coefficient (Wildman–Crippen LogP) is 4.65. The van der Waals surface area contributed by atoms with Crippen LogP contribution in [-0.4, -0.2) is 17.5 Å². The van der Waals surface area contributed by atoms with Crippen molar-refractivity contribution >= 4 is 23.3 Å². The van der Waals surface area contributed by atoms with Gasteiger partial charge >= 0.3 is 6.03 Å². The van der Waals surface area contributed by atoms with E-state index < -0.39 is 0 Å². The first-order valence-electron chi connectivity index (χ1n) is 9.34. The molecule has 0 aromatic heterocycles. The molecule has 0 radical (unpaired) electrons. The number of amides is 3. The molecule has 2 N–H and O–H groups in total. The summed E-state index contributed by atoms with van der Waals surface area (Å²) in [6.07, 6.45) is 1.16. The quantitative estimate of drug-likeness (QED) is 0.832. The highest BCUT2D eigenvalue weighted by atomic mass is 16.2. The van der Waals surface area contributed by atoms with Gasteiger partial charge in [-0.15, -0.1) is 0 Å². The van der Waals surface area contributed by atoms with Gasteiger partial charge in [-0.2, -0.15) is 0 Å². The number of carbonyl (C=O) groups excluding carboxylic acids is 2. The van der Waals surface area contributed by atoms with E-state index in [0.717, 1.165) is 22.5 Å². The summed E-state index contributed by atoms with van der Waals surface area (Å²) >= 11 is 0. The maximum absolute atomic E-state index is 12.6. The summed E-state index contributed by atoms with van der Waals surface area (Å²) < 4.78 is 0. The first-order valence-corrected chi connectivity index (χ1v) is 9.34. The van der Waals surface area contributed by atoms with Crippen molar-refractivity contribution in [1.82, 2.24) is 5.32 Å². The van der Waals surface area contributed by atoms with Crippen molar-refractivity contribution in [2.24, 2.45) is 0 Å². The van der Waals surface area contributed by atoms with Crippen LogP contribution in [0.15, 0.2) is 48.5 Å². The van der Waals surface area contributed by atoms with Crippen LogP contribution in [0.1, 0.15) is 51.3 Å². The number of urea groups is 1. The molecule has 1 aliphatic heterocycles. The monoisotopic (exact) mass is 365 g/mol. The van der Waals surface area contributed by atoms with Crippen LogP contribution in [0, 0.1) is 0 Å². The van der Waals surface area contributed by atoms with Crippen LogP contribution >= 0.6 is 0 Å². The first-order chi connectivity index (χ1) is 12.7. The van der Waals surface area contributed by atoms with Crippen LogP contribution in [0.4, 0.5) is 16.2 Å². The zero-order chi connectivity index (χ0) is 19.6. The summed E-state index contributed by atoms with van der Waals surface area (Å²) in [7, 11) is 0. The van der Waals surface area contributed by atoms with E-state index in [9.17, 15) is 9.59 Å². The normalized spacial score (nSPS) is 15.1. The molecule has 0 spiro atoms. The Labute approximate surface area is 160 Å². The standard InChI is InChI=1S/C22H27N3O2/c1-15(16-8-6-5-7-9-16)25-19-12-11-18(14-17(19)10-13-20(25)26)23-21(27)24-22(2,3)4/h5-9,11-12,14-15H,10,13H2,1-4H3,(H2,23,24,27)/t15-/m1/s1. The molecule has 0 aliphatic carbocycles. The number of anilines is 2. The van der Waals surface area contributed by atoms with Crippen LogP contribution < -0.4 is 15.5 Å². The molecule has 3 rings (SSSR count). The summed E-state index contributed by atoms with van der Waals surface area (Å²) in [6, 6.07) is 15.5. The third-order valence-corrected chi connectivity index (χ3v) is 4.63. The number of nitrogens with zero attached hydrogens (tertiary/aromatic N) is 1. The smallest absolute Gasteiger partial charge is 0.319 e. The molecule has 0 saturated heterocycles. The number of hydrogen-bond donors (Lipinski definition) is 2. The fourth-order valence-corrected chi connectivity index (χ4v) is 3.40. The van der Waals surface area contributed by atoms with Gasteiger partial charge in [0.2, 0.25) is 5.91 Å². The Hall–Kier alpha value is -2.82. The summed E-state index contributed by atoms with van der Waals surface area (Å²) in [5, 5.41) is 5.77. The molecule has 3 amide bonds. The van der Waals surface area contributed by atoms with Crippen molar-refractivity contribution in [3.63, 3.8) is 0 Å². The Morgan fingerprint density at radius 2 is 1.78 bits per heavy atom. The SMILES string of the molecule is C[C@H](c1ccccc1)N1C(=O)CCc2cc(NC(=O)NC(C)(C)C)ccc21. The molecule has 27 heavy (non-hydrogen) atoms. The number of carbonyl (C=O) groups is 2. The van der Waals surface area contributed by atoms with Gasteiger partial charge in [0.15, 0.2) is 0 Å². The minimum atomic E-state index is -0.299. The maximum Gasteiger partial charge on any atom is 0.319 e. The van der Waals surface area contributed by atoms with Gasteiger partial charge < -0.3 is 15.5 Å². The average Bonchev–Trinajstić information content (AvgIpc) is 2.60. The molecular formula is C22H27N3O2. The Morgan fingerprint density at radius 1 is 1.07 bits per heavy atom. The van der Waals surface area contributed by atoms with Crippen molar-refractivity contribution < 1.29 is 9.59 Å². The molecular weight excluding hydrogens is 338 g/mol. The number of benzene rings is 2. The molecule has 5 nitrogen and oxygen atoms in total. The minimum Gasteiger partial charge on any atom is -0.333 e. The molecule has 1 aliphatic rings. The van der Waals surface area contributed by atoms with E-state index in [0.29, 0.717) is 12.8 Å². The Kier molecular flexibility index (Phi) is 5.22. The lowest BCUT2D eigenvalue weighted by Crippen LogP contribution is -2.43. The van der Waals surface area contributed by atoms with E-state index in [1.165, 1.54) is 0 Å². The van der Waals surface area contributed by atoms with E-state index in [1.807, 2.05) is 81.1 Å². The number of fused-ring (bicyclic) bond motifs is 1. The van der Waals surface area contributed by atoms with Gasteiger partial charge in [-0.25, -0.2) is 4.79 Å². The largest absolute Gasteiger partial charge is 0.333 e. The number of rotatable bonds is 3. The lowest BCUT2D eigenvalue weighted by Gasteiger charge is -2.35. The molecule has 0 unspecified atom stereocenters. The Morgan fingerprint density at radius 3 is 2.44 bits per heavy atom. The van der Waals surface area contributed by atoms with Crippen molar-refractivity contribution in [3.05, 3.63) is 59.7 Å². The molecule has 0 bridgehead atoms. The van der Waals surface area contributed by atoms with E-state index >= 15 is 0 Å². The molecule has 0 fully saturated rings. The number of aryl methyl sites for hydroxylation is 1. The Balaban J connectivity index is 1.84. The predicted molar refractivity (Wildman–Crippen MR) is 109 cm³/mol. The second-order valence-corrected chi connectivity index (χ2v) is 8.02. The lowest BCUT2D eigenvalue weighted by atomic mass is 9.96. The summed E-state index contributed by atoms with van der Waals surface area (Å²) in [4.78, 5) is 26.6. The third-order valence-electron chi connectivity index (χ3n) is 4.63. The molecule has 1 heterocycles. The van der Waals surface area contributed by atoms with Crippen molar-refractivity contribution in [1.29, 1.82) is 0 Å². The minimum absolute atomic E-state index is 0.0410. The lowest BCUT2D eigenvalue weighted by molar-refractivity contribution is -0.119. The Bertz CT molecular complexity index is 840. The fraction of sp³-hybridized carbons (Fsp3) is 0.364. The van der Waals surface area contributed by atoms with Crippen molar-refractivity contribution in [2.75, 3.05) is 10.2 Å². The number of nitrogens with one attached hydrogen (secondary N) is 2. The third kappa shape index (κ3) is 4.48. The summed E-state index contributed by atoms with van der Waals surface area (Å²) in [6.45, 7) is 7.86. The van der Waals surface area contributed by atoms with Gasteiger partial charge in [0.05, 0.1) is 6.04 Å². The zero-order valence-corrected chi connectivity index (χ0v) is 16.4. The molecule has 5 heteroatoms. The number of hydrogen-bond acceptors (Lipinski definition) is 2. The highest BCUT2D eigenvalue weighted by molar-refractivity contribution is 5.98.